The van der Waals surface area contributed by atoms with Gasteiger partial charge in [-0.05, 0) is 23.9 Å². The third kappa shape index (κ3) is 4.68. The Hall–Kier alpha value is -1.28. The Kier molecular flexibility index (Phi) is 6.65. The van der Waals surface area contributed by atoms with Gasteiger partial charge in [0.05, 0.1) is 0 Å². The van der Waals surface area contributed by atoms with Crippen molar-refractivity contribution in [2.45, 2.75) is 45.4 Å². The van der Waals surface area contributed by atoms with Crippen molar-refractivity contribution < 1.29 is 0 Å². The summed E-state index contributed by atoms with van der Waals surface area (Å²) < 4.78 is 0. The predicted octanol–water partition coefficient (Wildman–Crippen LogP) is 6.19. The lowest BCUT2D eigenvalue weighted by atomic mass is 10.1. The van der Waals surface area contributed by atoms with E-state index in [0.29, 0.717) is 0 Å². The molecule has 0 atom stereocenters. The van der Waals surface area contributed by atoms with Crippen molar-refractivity contribution >= 4 is 17.0 Å². The SMILES string of the molecule is CCCCCCCCNc1ccccc1-c1cccs1. The maximum absolute atomic E-state index is 3.60. The first-order chi connectivity index (χ1) is 9.92. The monoisotopic (exact) mass is 287 g/mol. The van der Waals surface area contributed by atoms with Crippen LogP contribution in [0.4, 0.5) is 5.69 Å². The number of rotatable bonds is 9. The van der Waals surface area contributed by atoms with Crippen molar-refractivity contribution in [2.24, 2.45) is 0 Å². The van der Waals surface area contributed by atoms with Gasteiger partial charge in [-0.3, -0.25) is 0 Å². The molecule has 0 amide bonds. The maximum atomic E-state index is 3.60. The van der Waals surface area contributed by atoms with Crippen molar-refractivity contribution in [1.29, 1.82) is 0 Å². The lowest BCUT2D eigenvalue weighted by molar-refractivity contribution is 0.617. The summed E-state index contributed by atoms with van der Waals surface area (Å²) in [4.78, 5) is 1.34. The molecule has 1 nitrogen and oxygen atoms in total. The molecule has 0 saturated carbocycles. The molecular weight excluding hydrogens is 262 g/mol. The molecule has 1 heterocycles. The van der Waals surface area contributed by atoms with Gasteiger partial charge < -0.3 is 5.32 Å². The molecule has 0 radical (unpaired) electrons. The zero-order valence-electron chi connectivity index (χ0n) is 12.4. The third-order valence-electron chi connectivity index (χ3n) is 3.56. The van der Waals surface area contributed by atoms with Crippen molar-refractivity contribution in [2.75, 3.05) is 11.9 Å². The standard InChI is InChI=1S/C18H25NS/c1-2-3-4-5-6-9-14-19-17-12-8-7-11-16(17)18-13-10-15-20-18/h7-8,10-13,15,19H,2-6,9,14H2,1H3. The van der Waals surface area contributed by atoms with E-state index >= 15 is 0 Å². The van der Waals surface area contributed by atoms with E-state index in [1.54, 1.807) is 11.3 Å². The molecule has 1 aromatic heterocycles. The van der Waals surface area contributed by atoms with Gasteiger partial charge in [0.15, 0.2) is 0 Å². The van der Waals surface area contributed by atoms with Gasteiger partial charge in [-0.2, -0.15) is 0 Å². The van der Waals surface area contributed by atoms with Crippen LogP contribution in [-0.4, -0.2) is 6.54 Å². The smallest absolute Gasteiger partial charge is 0.0428 e. The quantitative estimate of drug-likeness (QED) is 0.542. The normalized spacial score (nSPS) is 10.7. The first-order valence-electron chi connectivity index (χ1n) is 7.78. The number of thiophene rings is 1. The number of anilines is 1. The fourth-order valence-corrected chi connectivity index (χ4v) is 3.18. The fraction of sp³-hybridized carbons (Fsp3) is 0.444. The van der Waals surface area contributed by atoms with Crippen LogP contribution in [0.3, 0.4) is 0 Å². The Morgan fingerprint density at radius 2 is 1.70 bits per heavy atom. The van der Waals surface area contributed by atoms with Crippen LogP contribution in [0, 0.1) is 0 Å². The second-order valence-corrected chi connectivity index (χ2v) is 6.17. The van der Waals surface area contributed by atoms with Gasteiger partial charge in [0.25, 0.3) is 0 Å². The van der Waals surface area contributed by atoms with E-state index in [0.717, 1.165) is 6.54 Å². The summed E-state index contributed by atoms with van der Waals surface area (Å²) >= 11 is 1.80. The van der Waals surface area contributed by atoms with Crippen LogP contribution in [0.1, 0.15) is 45.4 Å². The summed E-state index contributed by atoms with van der Waals surface area (Å²) in [5.74, 6) is 0. The number of para-hydroxylation sites is 1. The summed E-state index contributed by atoms with van der Waals surface area (Å²) in [6.07, 6.45) is 8.09. The lowest BCUT2D eigenvalue weighted by Gasteiger charge is -2.10. The molecule has 2 heteroatoms. The van der Waals surface area contributed by atoms with Crippen LogP contribution in [-0.2, 0) is 0 Å². The van der Waals surface area contributed by atoms with Gasteiger partial charge in [-0.1, -0.05) is 63.3 Å². The Balaban J connectivity index is 1.79. The van der Waals surface area contributed by atoms with Crippen LogP contribution in [0.2, 0.25) is 0 Å². The minimum atomic E-state index is 1.08. The van der Waals surface area contributed by atoms with E-state index in [1.807, 2.05) is 0 Å². The van der Waals surface area contributed by atoms with Gasteiger partial charge in [0, 0.05) is 22.7 Å². The van der Waals surface area contributed by atoms with Crippen LogP contribution in [0.5, 0.6) is 0 Å². The molecule has 0 saturated heterocycles. The van der Waals surface area contributed by atoms with Crippen molar-refractivity contribution in [1.82, 2.24) is 0 Å². The Labute approximate surface area is 127 Å². The summed E-state index contributed by atoms with van der Waals surface area (Å²) in [5, 5.41) is 5.74. The highest BCUT2D eigenvalue weighted by Crippen LogP contribution is 2.31. The molecule has 0 unspecified atom stereocenters. The first-order valence-corrected chi connectivity index (χ1v) is 8.66. The van der Waals surface area contributed by atoms with Gasteiger partial charge in [-0.25, -0.2) is 0 Å². The maximum Gasteiger partial charge on any atom is 0.0428 e. The minimum absolute atomic E-state index is 1.08. The fourth-order valence-electron chi connectivity index (χ4n) is 2.41. The van der Waals surface area contributed by atoms with E-state index in [-0.39, 0.29) is 0 Å². The molecular formula is C18H25NS. The van der Waals surface area contributed by atoms with Crippen molar-refractivity contribution in [3.63, 3.8) is 0 Å². The summed E-state index contributed by atoms with van der Waals surface area (Å²) in [6, 6.07) is 12.9. The third-order valence-corrected chi connectivity index (χ3v) is 4.46. The number of unbranched alkanes of at least 4 members (excludes halogenated alkanes) is 5. The van der Waals surface area contributed by atoms with Crippen molar-refractivity contribution in [3.8, 4) is 10.4 Å². The average molecular weight is 287 g/mol. The predicted molar refractivity (Wildman–Crippen MR) is 91.6 cm³/mol. The average Bonchev–Trinajstić information content (AvgIpc) is 3.01. The van der Waals surface area contributed by atoms with E-state index in [2.05, 4.69) is 54.0 Å². The molecule has 0 aliphatic carbocycles. The topological polar surface area (TPSA) is 12.0 Å². The van der Waals surface area contributed by atoms with E-state index in [1.165, 1.54) is 54.7 Å². The molecule has 2 rings (SSSR count). The van der Waals surface area contributed by atoms with E-state index < -0.39 is 0 Å². The summed E-state index contributed by atoms with van der Waals surface area (Å²) in [5.41, 5.74) is 2.59. The summed E-state index contributed by atoms with van der Waals surface area (Å²) in [7, 11) is 0. The minimum Gasteiger partial charge on any atom is -0.385 e. The lowest BCUT2D eigenvalue weighted by Crippen LogP contribution is -2.02. The molecule has 0 fully saturated rings. The highest BCUT2D eigenvalue weighted by molar-refractivity contribution is 7.13. The Morgan fingerprint density at radius 1 is 0.900 bits per heavy atom. The summed E-state index contributed by atoms with van der Waals surface area (Å²) in [6.45, 7) is 3.34. The second kappa shape index (κ2) is 8.80. The Bertz CT molecular complexity index is 476. The molecule has 20 heavy (non-hydrogen) atoms. The van der Waals surface area contributed by atoms with Gasteiger partial charge in [-0.15, -0.1) is 11.3 Å². The molecule has 1 N–H and O–H groups in total. The molecule has 0 bridgehead atoms. The molecule has 0 aliphatic heterocycles. The molecule has 1 aromatic carbocycles. The van der Waals surface area contributed by atoms with E-state index in [4.69, 9.17) is 0 Å². The van der Waals surface area contributed by atoms with Crippen LogP contribution >= 0.6 is 11.3 Å². The number of benzene rings is 1. The van der Waals surface area contributed by atoms with Gasteiger partial charge >= 0.3 is 0 Å². The largest absolute Gasteiger partial charge is 0.385 e. The van der Waals surface area contributed by atoms with Gasteiger partial charge in [0.2, 0.25) is 0 Å². The van der Waals surface area contributed by atoms with Crippen LogP contribution < -0.4 is 5.32 Å². The zero-order valence-corrected chi connectivity index (χ0v) is 13.2. The number of nitrogens with one attached hydrogen (secondary N) is 1. The second-order valence-electron chi connectivity index (χ2n) is 5.22. The zero-order chi connectivity index (χ0) is 14.0. The highest BCUT2D eigenvalue weighted by Gasteiger charge is 2.04. The Morgan fingerprint density at radius 3 is 2.50 bits per heavy atom. The number of hydrogen-bond acceptors (Lipinski definition) is 2. The highest BCUT2D eigenvalue weighted by atomic mass is 32.1. The van der Waals surface area contributed by atoms with Crippen LogP contribution in [0.15, 0.2) is 41.8 Å². The molecule has 2 aromatic rings. The van der Waals surface area contributed by atoms with E-state index in [9.17, 15) is 0 Å². The number of hydrogen-bond donors (Lipinski definition) is 1. The van der Waals surface area contributed by atoms with Crippen molar-refractivity contribution in [3.05, 3.63) is 41.8 Å². The van der Waals surface area contributed by atoms with Gasteiger partial charge in [0.1, 0.15) is 0 Å². The van der Waals surface area contributed by atoms with Crippen LogP contribution in [0.25, 0.3) is 10.4 Å². The molecule has 108 valence electrons. The molecule has 0 aliphatic rings. The molecule has 0 spiro atoms. The first kappa shape index (κ1) is 15.1.